The Kier molecular flexibility index (Phi) is 4.50. The molecule has 3 nitrogen and oxygen atoms in total. The van der Waals surface area contributed by atoms with Crippen LogP contribution in [0.2, 0.25) is 0 Å². The van der Waals surface area contributed by atoms with Crippen molar-refractivity contribution < 1.29 is 0 Å². The van der Waals surface area contributed by atoms with Crippen LogP contribution in [0.1, 0.15) is 36.8 Å². The quantitative estimate of drug-likeness (QED) is 0.848. The molecule has 1 aromatic carbocycles. The molecule has 0 bridgehead atoms. The van der Waals surface area contributed by atoms with Crippen LogP contribution in [0.3, 0.4) is 0 Å². The van der Waals surface area contributed by atoms with Crippen LogP contribution in [0.5, 0.6) is 0 Å². The highest BCUT2D eigenvalue weighted by molar-refractivity contribution is 5.59. The Balaban J connectivity index is 2.31. The van der Waals surface area contributed by atoms with Gasteiger partial charge in [-0.15, -0.1) is 0 Å². The Morgan fingerprint density at radius 1 is 1.05 bits per heavy atom. The van der Waals surface area contributed by atoms with Crippen LogP contribution in [-0.2, 0) is 6.54 Å². The fourth-order valence-electron chi connectivity index (χ4n) is 2.18. The average Bonchev–Trinajstić information content (AvgIpc) is 2.38. The smallest absolute Gasteiger partial charge is 0.126 e. The number of aryl methyl sites for hydroxylation is 1. The first kappa shape index (κ1) is 14.7. The molecule has 2 aromatic rings. The van der Waals surface area contributed by atoms with Gasteiger partial charge in [0.1, 0.15) is 5.82 Å². The van der Waals surface area contributed by atoms with Crippen molar-refractivity contribution >= 4 is 0 Å². The molecule has 20 heavy (non-hydrogen) atoms. The third-order valence-electron chi connectivity index (χ3n) is 3.20. The van der Waals surface area contributed by atoms with Gasteiger partial charge in [0.25, 0.3) is 0 Å². The van der Waals surface area contributed by atoms with Crippen LogP contribution < -0.4 is 0 Å². The van der Waals surface area contributed by atoms with Gasteiger partial charge >= 0.3 is 0 Å². The van der Waals surface area contributed by atoms with Crippen LogP contribution in [0.4, 0.5) is 0 Å². The van der Waals surface area contributed by atoms with Gasteiger partial charge in [-0.2, -0.15) is 0 Å². The fourth-order valence-corrected chi connectivity index (χ4v) is 2.18. The molecule has 3 heteroatoms. The molecular formula is C17H23N3. The van der Waals surface area contributed by atoms with Gasteiger partial charge in [-0.3, -0.25) is 0 Å². The molecular weight excluding hydrogens is 246 g/mol. The second-order valence-corrected chi connectivity index (χ2v) is 5.81. The minimum Gasteiger partial charge on any atom is -0.305 e. The van der Waals surface area contributed by atoms with E-state index in [1.807, 2.05) is 6.92 Å². The number of benzene rings is 1. The van der Waals surface area contributed by atoms with E-state index in [1.165, 1.54) is 5.56 Å². The molecule has 1 aromatic heterocycles. The normalized spacial score (nSPS) is 11.3. The van der Waals surface area contributed by atoms with Crippen molar-refractivity contribution in [1.29, 1.82) is 0 Å². The predicted molar refractivity (Wildman–Crippen MR) is 83.7 cm³/mol. The van der Waals surface area contributed by atoms with Crippen molar-refractivity contribution in [2.24, 2.45) is 0 Å². The molecule has 0 unspecified atom stereocenters. The largest absolute Gasteiger partial charge is 0.305 e. The Labute approximate surface area is 121 Å². The molecule has 0 N–H and O–H groups in total. The molecule has 0 fully saturated rings. The van der Waals surface area contributed by atoms with Gasteiger partial charge in [0.2, 0.25) is 0 Å². The van der Waals surface area contributed by atoms with Crippen molar-refractivity contribution in [3.05, 3.63) is 47.4 Å². The second kappa shape index (κ2) is 6.14. The summed E-state index contributed by atoms with van der Waals surface area (Å²) in [6.45, 7) is 7.23. The monoisotopic (exact) mass is 269 g/mol. The molecule has 1 heterocycles. The third-order valence-corrected chi connectivity index (χ3v) is 3.20. The number of aromatic nitrogens is 2. The van der Waals surface area contributed by atoms with E-state index in [9.17, 15) is 0 Å². The lowest BCUT2D eigenvalue weighted by atomic mass is 10.0. The molecule has 106 valence electrons. The molecule has 2 rings (SSSR count). The number of hydrogen-bond donors (Lipinski definition) is 0. The first-order chi connectivity index (χ1) is 9.45. The zero-order valence-electron chi connectivity index (χ0n) is 13.0. The first-order valence-corrected chi connectivity index (χ1v) is 7.05. The molecule has 0 aliphatic carbocycles. The zero-order valence-corrected chi connectivity index (χ0v) is 13.0. The molecule has 0 atom stereocenters. The fraction of sp³-hybridized carbons (Fsp3) is 0.412. The van der Waals surface area contributed by atoms with Crippen molar-refractivity contribution in [3.63, 3.8) is 0 Å². The Hall–Kier alpha value is -1.74. The Morgan fingerprint density at radius 3 is 2.25 bits per heavy atom. The van der Waals surface area contributed by atoms with E-state index >= 15 is 0 Å². The summed E-state index contributed by atoms with van der Waals surface area (Å²) in [6.07, 6.45) is 0. The molecule has 0 aliphatic rings. The van der Waals surface area contributed by atoms with E-state index in [-0.39, 0.29) is 0 Å². The molecule has 0 saturated carbocycles. The molecule has 0 saturated heterocycles. The van der Waals surface area contributed by atoms with Crippen molar-refractivity contribution in [3.8, 4) is 11.3 Å². The summed E-state index contributed by atoms with van der Waals surface area (Å²) in [5, 5.41) is 0. The summed E-state index contributed by atoms with van der Waals surface area (Å²) in [7, 11) is 4.16. The maximum Gasteiger partial charge on any atom is 0.126 e. The van der Waals surface area contributed by atoms with Crippen LogP contribution in [0.15, 0.2) is 30.3 Å². The van der Waals surface area contributed by atoms with Gasteiger partial charge in [-0.1, -0.05) is 38.1 Å². The highest BCUT2D eigenvalue weighted by Gasteiger charge is 2.07. The van der Waals surface area contributed by atoms with E-state index in [1.54, 1.807) is 0 Å². The molecule has 0 amide bonds. The summed E-state index contributed by atoms with van der Waals surface area (Å²) < 4.78 is 0. The maximum atomic E-state index is 4.56. The van der Waals surface area contributed by atoms with Crippen molar-refractivity contribution in [2.75, 3.05) is 14.1 Å². The summed E-state index contributed by atoms with van der Waals surface area (Å²) in [6, 6.07) is 10.7. The highest BCUT2D eigenvalue weighted by Crippen LogP contribution is 2.22. The summed E-state index contributed by atoms with van der Waals surface area (Å²) in [4.78, 5) is 11.2. The van der Waals surface area contributed by atoms with Crippen LogP contribution in [0.25, 0.3) is 11.3 Å². The average molecular weight is 269 g/mol. The van der Waals surface area contributed by atoms with Crippen LogP contribution in [-0.4, -0.2) is 29.0 Å². The second-order valence-electron chi connectivity index (χ2n) is 5.81. The van der Waals surface area contributed by atoms with E-state index in [0.717, 1.165) is 29.3 Å². The zero-order chi connectivity index (χ0) is 14.7. The lowest BCUT2D eigenvalue weighted by Gasteiger charge is -2.11. The lowest BCUT2D eigenvalue weighted by Crippen LogP contribution is -2.10. The highest BCUT2D eigenvalue weighted by atomic mass is 15.0. The first-order valence-electron chi connectivity index (χ1n) is 7.05. The minimum absolute atomic E-state index is 0.420. The Bertz CT molecular complexity index is 571. The van der Waals surface area contributed by atoms with Gasteiger partial charge in [0, 0.05) is 17.8 Å². The maximum absolute atomic E-state index is 4.56. The molecule has 0 radical (unpaired) electrons. The summed E-state index contributed by atoms with van der Waals surface area (Å²) in [5.41, 5.74) is 4.58. The van der Waals surface area contributed by atoms with Crippen LogP contribution >= 0.6 is 0 Å². The van der Waals surface area contributed by atoms with Crippen molar-refractivity contribution in [2.45, 2.75) is 33.2 Å². The summed E-state index contributed by atoms with van der Waals surface area (Å²) >= 11 is 0. The molecule has 0 spiro atoms. The summed E-state index contributed by atoms with van der Waals surface area (Å²) in [5.74, 6) is 1.26. The van der Waals surface area contributed by atoms with E-state index < -0.39 is 0 Å². The van der Waals surface area contributed by atoms with Crippen molar-refractivity contribution in [1.82, 2.24) is 14.9 Å². The molecule has 0 aliphatic heterocycles. The van der Waals surface area contributed by atoms with Gasteiger partial charge in [-0.25, -0.2) is 9.97 Å². The van der Waals surface area contributed by atoms with Gasteiger partial charge < -0.3 is 4.90 Å². The van der Waals surface area contributed by atoms with E-state index in [4.69, 9.17) is 0 Å². The number of nitrogens with zero attached hydrogens (tertiary/aromatic N) is 3. The third kappa shape index (κ3) is 3.64. The van der Waals surface area contributed by atoms with E-state index in [2.05, 4.69) is 73.1 Å². The van der Waals surface area contributed by atoms with Gasteiger partial charge in [0.15, 0.2) is 0 Å². The van der Waals surface area contributed by atoms with Gasteiger partial charge in [0.05, 0.1) is 5.69 Å². The Morgan fingerprint density at radius 2 is 1.70 bits per heavy atom. The predicted octanol–water partition coefficient (Wildman–Crippen LogP) is 3.64. The number of rotatable bonds is 4. The SMILES string of the molecule is Cc1nc(-c2ccc(CN(C)C)cc2)cc(C(C)C)n1. The van der Waals surface area contributed by atoms with E-state index in [0.29, 0.717) is 5.92 Å². The van der Waals surface area contributed by atoms with Crippen LogP contribution in [0, 0.1) is 6.92 Å². The topological polar surface area (TPSA) is 29.0 Å². The number of hydrogen-bond acceptors (Lipinski definition) is 3. The lowest BCUT2D eigenvalue weighted by molar-refractivity contribution is 0.402. The standard InChI is InChI=1S/C17H23N3/c1-12(2)16-10-17(19-13(3)18-16)15-8-6-14(7-9-15)11-20(4)5/h6-10,12H,11H2,1-5H3. The minimum atomic E-state index is 0.420. The van der Waals surface area contributed by atoms with Gasteiger partial charge in [-0.05, 0) is 38.6 Å².